The summed E-state index contributed by atoms with van der Waals surface area (Å²) >= 11 is 0. The van der Waals surface area contributed by atoms with Crippen molar-refractivity contribution in [2.75, 3.05) is 0 Å². The van der Waals surface area contributed by atoms with E-state index < -0.39 is 0 Å². The Morgan fingerprint density at radius 1 is 1.22 bits per heavy atom. The summed E-state index contributed by atoms with van der Waals surface area (Å²) in [6.07, 6.45) is 2.70. The first-order chi connectivity index (χ1) is 8.69. The summed E-state index contributed by atoms with van der Waals surface area (Å²) < 4.78 is 1.89. The van der Waals surface area contributed by atoms with Crippen LogP contribution in [0, 0.1) is 6.92 Å². The monoisotopic (exact) mass is 242 g/mol. The van der Waals surface area contributed by atoms with Gasteiger partial charge in [-0.2, -0.15) is 5.10 Å². The molecule has 0 amide bonds. The molecule has 0 saturated heterocycles. The third-order valence-corrected chi connectivity index (χ3v) is 3.10. The van der Waals surface area contributed by atoms with Crippen LogP contribution < -0.4 is 0 Å². The average molecular weight is 242 g/mol. The molecule has 0 fully saturated rings. The van der Waals surface area contributed by atoms with E-state index in [0.29, 0.717) is 5.56 Å². The highest BCUT2D eigenvalue weighted by atomic mass is 16.1. The average Bonchev–Trinajstić information content (AvgIpc) is 2.81. The van der Waals surface area contributed by atoms with Crippen LogP contribution in [0.1, 0.15) is 41.2 Å². The van der Waals surface area contributed by atoms with Crippen LogP contribution in [0.4, 0.5) is 0 Å². The molecule has 0 bridgehead atoms. The number of aryl methyl sites for hydroxylation is 3. The van der Waals surface area contributed by atoms with E-state index in [9.17, 15) is 4.79 Å². The van der Waals surface area contributed by atoms with Gasteiger partial charge in [0.1, 0.15) is 0 Å². The number of aromatic nitrogens is 2. The molecular weight excluding hydrogens is 224 g/mol. The lowest BCUT2D eigenvalue weighted by atomic mass is 10.1. The van der Waals surface area contributed by atoms with Gasteiger partial charge in [0.2, 0.25) is 0 Å². The predicted molar refractivity (Wildman–Crippen MR) is 72.4 cm³/mol. The van der Waals surface area contributed by atoms with E-state index in [0.717, 1.165) is 41.8 Å². The third-order valence-electron chi connectivity index (χ3n) is 3.10. The molecule has 0 aliphatic heterocycles. The van der Waals surface area contributed by atoms with E-state index in [1.807, 2.05) is 29.8 Å². The Hall–Kier alpha value is -1.90. The number of benzene rings is 1. The minimum Gasteiger partial charge on any atom is -0.298 e. The topological polar surface area (TPSA) is 34.9 Å². The minimum atomic E-state index is 0.690. The summed E-state index contributed by atoms with van der Waals surface area (Å²) in [5.74, 6) is 0. The Morgan fingerprint density at radius 2 is 2.00 bits per heavy atom. The Kier molecular flexibility index (Phi) is 3.60. The van der Waals surface area contributed by atoms with Crippen molar-refractivity contribution in [3.8, 4) is 5.69 Å². The molecule has 94 valence electrons. The largest absolute Gasteiger partial charge is 0.298 e. The van der Waals surface area contributed by atoms with E-state index in [4.69, 9.17) is 0 Å². The number of nitrogens with zero attached hydrogens (tertiary/aromatic N) is 2. The van der Waals surface area contributed by atoms with Crippen molar-refractivity contribution in [3.63, 3.8) is 0 Å². The van der Waals surface area contributed by atoms with E-state index in [1.54, 1.807) is 0 Å². The van der Waals surface area contributed by atoms with E-state index in [1.165, 1.54) is 0 Å². The number of carbonyl (C=O) groups excluding carboxylic acids is 1. The Labute approximate surface area is 107 Å². The van der Waals surface area contributed by atoms with Crippen LogP contribution in [0.15, 0.2) is 24.3 Å². The van der Waals surface area contributed by atoms with Crippen molar-refractivity contribution in [2.24, 2.45) is 0 Å². The van der Waals surface area contributed by atoms with Gasteiger partial charge in [-0.1, -0.05) is 25.5 Å². The third kappa shape index (κ3) is 2.21. The van der Waals surface area contributed by atoms with Crippen molar-refractivity contribution in [1.82, 2.24) is 9.78 Å². The lowest BCUT2D eigenvalue weighted by Crippen LogP contribution is -2.05. The maximum atomic E-state index is 11.2. The van der Waals surface area contributed by atoms with Gasteiger partial charge in [0.05, 0.1) is 11.4 Å². The highest BCUT2D eigenvalue weighted by Gasteiger charge is 2.10. The molecule has 3 nitrogen and oxygen atoms in total. The molecule has 0 atom stereocenters. The fourth-order valence-electron chi connectivity index (χ4n) is 2.07. The number of hydrogen-bond acceptors (Lipinski definition) is 2. The van der Waals surface area contributed by atoms with E-state index in [-0.39, 0.29) is 0 Å². The lowest BCUT2D eigenvalue weighted by molar-refractivity contribution is 0.112. The van der Waals surface area contributed by atoms with Crippen LogP contribution in [-0.4, -0.2) is 16.1 Å². The van der Waals surface area contributed by atoms with Crippen molar-refractivity contribution in [1.29, 1.82) is 0 Å². The molecule has 0 spiro atoms. The molecule has 1 heterocycles. The fourth-order valence-corrected chi connectivity index (χ4v) is 2.07. The highest BCUT2D eigenvalue weighted by molar-refractivity contribution is 5.81. The SMILES string of the molecule is CCc1cc(CC)n(-c2ccc(C)cc2C=O)n1. The van der Waals surface area contributed by atoms with Crippen LogP contribution in [0.5, 0.6) is 0 Å². The number of aldehydes is 1. The van der Waals surface area contributed by atoms with Gasteiger partial charge in [0.15, 0.2) is 6.29 Å². The van der Waals surface area contributed by atoms with Crippen molar-refractivity contribution >= 4 is 6.29 Å². The molecule has 0 N–H and O–H groups in total. The van der Waals surface area contributed by atoms with Crippen LogP contribution in [0.2, 0.25) is 0 Å². The second kappa shape index (κ2) is 5.17. The van der Waals surface area contributed by atoms with Crippen LogP contribution in [0.25, 0.3) is 5.69 Å². The zero-order valence-corrected chi connectivity index (χ0v) is 11.1. The lowest BCUT2D eigenvalue weighted by Gasteiger charge is -2.09. The molecule has 0 aliphatic rings. The molecule has 1 aromatic heterocycles. The summed E-state index contributed by atoms with van der Waals surface area (Å²) in [7, 11) is 0. The maximum absolute atomic E-state index is 11.2. The molecular formula is C15H18N2O. The Bertz CT molecular complexity index is 570. The van der Waals surface area contributed by atoms with Crippen molar-refractivity contribution in [2.45, 2.75) is 33.6 Å². The van der Waals surface area contributed by atoms with E-state index in [2.05, 4.69) is 25.0 Å². The minimum absolute atomic E-state index is 0.690. The van der Waals surface area contributed by atoms with Gasteiger partial charge in [-0.15, -0.1) is 0 Å². The fraction of sp³-hybridized carbons (Fsp3) is 0.333. The molecule has 2 rings (SSSR count). The highest BCUT2D eigenvalue weighted by Crippen LogP contribution is 2.18. The summed E-state index contributed by atoms with van der Waals surface area (Å²) in [5, 5.41) is 4.57. The normalized spacial score (nSPS) is 10.6. The molecule has 2 aromatic rings. The maximum Gasteiger partial charge on any atom is 0.152 e. The first kappa shape index (κ1) is 12.6. The summed E-state index contributed by atoms with van der Waals surface area (Å²) in [6, 6.07) is 7.98. The predicted octanol–water partition coefficient (Wildman–Crippen LogP) is 3.12. The second-order valence-electron chi connectivity index (χ2n) is 4.43. The molecule has 3 heteroatoms. The second-order valence-corrected chi connectivity index (χ2v) is 4.43. The van der Waals surface area contributed by atoms with Gasteiger partial charge in [-0.3, -0.25) is 4.79 Å². The molecule has 0 aliphatic carbocycles. The zero-order valence-electron chi connectivity index (χ0n) is 11.1. The quantitative estimate of drug-likeness (QED) is 0.772. The van der Waals surface area contributed by atoms with Crippen molar-refractivity contribution < 1.29 is 4.79 Å². The molecule has 0 radical (unpaired) electrons. The smallest absolute Gasteiger partial charge is 0.152 e. The summed E-state index contributed by atoms with van der Waals surface area (Å²) in [5.41, 5.74) is 4.84. The van der Waals surface area contributed by atoms with Crippen LogP contribution in [-0.2, 0) is 12.8 Å². The van der Waals surface area contributed by atoms with Crippen LogP contribution in [0.3, 0.4) is 0 Å². The molecule has 0 saturated carbocycles. The summed E-state index contributed by atoms with van der Waals surface area (Å²) in [4.78, 5) is 11.2. The van der Waals surface area contributed by atoms with Crippen LogP contribution >= 0.6 is 0 Å². The number of rotatable bonds is 4. The Balaban J connectivity index is 2.60. The van der Waals surface area contributed by atoms with Gasteiger partial charge in [0, 0.05) is 11.3 Å². The van der Waals surface area contributed by atoms with Gasteiger partial charge in [0.25, 0.3) is 0 Å². The molecule has 1 aromatic carbocycles. The number of carbonyl (C=O) groups is 1. The van der Waals surface area contributed by atoms with E-state index >= 15 is 0 Å². The van der Waals surface area contributed by atoms with Gasteiger partial charge in [-0.25, -0.2) is 4.68 Å². The standard InChI is InChI=1S/C15H18N2O/c1-4-13-9-14(5-2)17(16-13)15-7-6-11(3)8-12(15)10-18/h6-10H,4-5H2,1-3H3. The summed E-state index contributed by atoms with van der Waals surface area (Å²) in [6.45, 7) is 6.17. The molecule has 0 unspecified atom stereocenters. The Morgan fingerprint density at radius 3 is 2.61 bits per heavy atom. The van der Waals surface area contributed by atoms with Crippen molar-refractivity contribution in [3.05, 3.63) is 46.8 Å². The molecule has 18 heavy (non-hydrogen) atoms. The first-order valence-corrected chi connectivity index (χ1v) is 6.33. The number of hydrogen-bond donors (Lipinski definition) is 0. The van der Waals surface area contributed by atoms with Gasteiger partial charge < -0.3 is 0 Å². The first-order valence-electron chi connectivity index (χ1n) is 6.33. The van der Waals surface area contributed by atoms with Gasteiger partial charge in [-0.05, 0) is 38.0 Å². The zero-order chi connectivity index (χ0) is 13.1. The van der Waals surface area contributed by atoms with Gasteiger partial charge >= 0.3 is 0 Å².